The van der Waals surface area contributed by atoms with Gasteiger partial charge in [0, 0.05) is 5.92 Å². The molecular formula is C20H30O5. The van der Waals surface area contributed by atoms with E-state index in [-0.39, 0.29) is 23.2 Å². The summed E-state index contributed by atoms with van der Waals surface area (Å²) < 4.78 is 0. The molecule has 5 nitrogen and oxygen atoms in total. The van der Waals surface area contributed by atoms with E-state index in [2.05, 4.69) is 13.8 Å². The molecule has 0 aliphatic heterocycles. The Bertz CT molecular complexity index is 667. The fourth-order valence-electron chi connectivity index (χ4n) is 6.74. The van der Waals surface area contributed by atoms with Crippen LogP contribution in [0.3, 0.4) is 0 Å². The van der Waals surface area contributed by atoms with Crippen molar-refractivity contribution in [3.05, 3.63) is 23.3 Å². The van der Waals surface area contributed by atoms with Gasteiger partial charge in [0.1, 0.15) is 17.8 Å². The lowest BCUT2D eigenvalue weighted by molar-refractivity contribution is -0.215. The Labute approximate surface area is 148 Å². The third-order valence-corrected chi connectivity index (χ3v) is 8.20. The molecule has 25 heavy (non-hydrogen) atoms. The van der Waals surface area contributed by atoms with Crippen LogP contribution >= 0.6 is 0 Å². The van der Waals surface area contributed by atoms with Gasteiger partial charge in [-0.3, -0.25) is 0 Å². The Hall–Kier alpha value is -0.720. The Balaban J connectivity index is 1.98. The van der Waals surface area contributed by atoms with Gasteiger partial charge in [-0.25, -0.2) is 0 Å². The van der Waals surface area contributed by atoms with Gasteiger partial charge in [0.2, 0.25) is 0 Å². The number of aliphatic hydroxyl groups is 5. The molecule has 2 bridgehead atoms. The van der Waals surface area contributed by atoms with Gasteiger partial charge in [-0.05, 0) is 47.7 Å². The fourth-order valence-corrected chi connectivity index (χ4v) is 6.74. The van der Waals surface area contributed by atoms with Crippen molar-refractivity contribution in [2.45, 2.75) is 58.0 Å². The van der Waals surface area contributed by atoms with Crippen LogP contribution < -0.4 is 0 Å². The molecule has 4 aliphatic carbocycles. The van der Waals surface area contributed by atoms with Crippen molar-refractivity contribution in [1.82, 2.24) is 0 Å². The first-order valence-electron chi connectivity index (χ1n) is 9.32. The van der Waals surface area contributed by atoms with Gasteiger partial charge in [0.05, 0.1) is 18.1 Å². The van der Waals surface area contributed by atoms with Crippen LogP contribution in [0.1, 0.15) is 34.1 Å². The van der Waals surface area contributed by atoms with Gasteiger partial charge in [-0.2, -0.15) is 0 Å². The molecule has 0 aromatic rings. The molecule has 1 spiro atoms. The standard InChI is InChI=1S/C20H30O5/c1-9-7-19-10(2)5-13-14(18(13,3)4)12(17(19)24)6-11(8-21)16(23)20(19,25)15(9)22/h6-7,10,12-17,21-25H,5,8H2,1-4H3/t10-,12+,13-,14+,15+,16+,17?,19+,20-/m0/s1. The molecule has 0 aromatic heterocycles. The van der Waals surface area contributed by atoms with Gasteiger partial charge < -0.3 is 25.5 Å². The first-order chi connectivity index (χ1) is 11.5. The highest BCUT2D eigenvalue weighted by Gasteiger charge is 2.75. The normalized spacial score (nSPS) is 56.1. The zero-order valence-corrected chi connectivity index (χ0v) is 15.3. The van der Waals surface area contributed by atoms with Crippen LogP contribution in [-0.4, -0.2) is 56.1 Å². The zero-order valence-electron chi connectivity index (χ0n) is 15.3. The number of rotatable bonds is 1. The van der Waals surface area contributed by atoms with E-state index >= 15 is 0 Å². The van der Waals surface area contributed by atoms with Crippen LogP contribution in [0.15, 0.2) is 23.3 Å². The highest BCUT2D eigenvalue weighted by Crippen LogP contribution is 2.72. The van der Waals surface area contributed by atoms with Crippen LogP contribution in [0.4, 0.5) is 0 Å². The summed E-state index contributed by atoms with van der Waals surface area (Å²) in [5.41, 5.74) is -2.11. The van der Waals surface area contributed by atoms with Crippen molar-refractivity contribution in [2.75, 3.05) is 6.61 Å². The largest absolute Gasteiger partial charge is 0.392 e. The van der Waals surface area contributed by atoms with Crippen LogP contribution in [0, 0.1) is 34.5 Å². The first kappa shape index (κ1) is 17.7. The van der Waals surface area contributed by atoms with Crippen molar-refractivity contribution >= 4 is 0 Å². The quantitative estimate of drug-likeness (QED) is 0.446. The summed E-state index contributed by atoms with van der Waals surface area (Å²) in [5.74, 6) is 0.292. The summed E-state index contributed by atoms with van der Waals surface area (Å²) in [4.78, 5) is 0. The van der Waals surface area contributed by atoms with E-state index < -0.39 is 35.9 Å². The Morgan fingerprint density at radius 3 is 2.40 bits per heavy atom. The molecule has 0 amide bonds. The van der Waals surface area contributed by atoms with Crippen LogP contribution in [0.25, 0.3) is 0 Å². The zero-order chi connectivity index (χ0) is 18.5. The molecule has 4 aliphatic rings. The Kier molecular flexibility index (Phi) is 3.51. The maximum atomic E-state index is 11.6. The molecule has 4 rings (SSSR count). The topological polar surface area (TPSA) is 101 Å². The van der Waals surface area contributed by atoms with Gasteiger partial charge >= 0.3 is 0 Å². The SMILES string of the molecule is CC1=C[C@@]23C(O)[C@H](C=C(CO)[C@@H](O)[C@@]2(O)[C@@H]1O)[C@@H]1[C@H](C[C@@H]3C)C1(C)C. The van der Waals surface area contributed by atoms with Gasteiger partial charge in [0.15, 0.2) is 0 Å². The van der Waals surface area contributed by atoms with Crippen molar-refractivity contribution in [2.24, 2.45) is 34.5 Å². The summed E-state index contributed by atoms with van der Waals surface area (Å²) in [5, 5.41) is 54.7. The predicted molar refractivity (Wildman–Crippen MR) is 92.4 cm³/mol. The van der Waals surface area contributed by atoms with Crippen molar-refractivity contribution in [3.8, 4) is 0 Å². The Morgan fingerprint density at radius 1 is 1.16 bits per heavy atom. The molecule has 5 heteroatoms. The molecule has 0 radical (unpaired) electrons. The number of fused-ring (bicyclic) bond motifs is 3. The summed E-state index contributed by atoms with van der Waals surface area (Å²) in [7, 11) is 0. The predicted octanol–water partition coefficient (Wildman–Crippen LogP) is 0.607. The molecule has 140 valence electrons. The number of hydrogen-bond acceptors (Lipinski definition) is 5. The molecular weight excluding hydrogens is 320 g/mol. The molecule has 9 atom stereocenters. The third-order valence-electron chi connectivity index (χ3n) is 8.20. The molecule has 2 saturated carbocycles. The molecule has 0 saturated heterocycles. The minimum absolute atomic E-state index is 0.0853. The maximum absolute atomic E-state index is 11.6. The van der Waals surface area contributed by atoms with E-state index in [9.17, 15) is 25.5 Å². The molecule has 0 aromatic carbocycles. The lowest BCUT2D eigenvalue weighted by Gasteiger charge is -2.51. The van der Waals surface area contributed by atoms with Crippen molar-refractivity contribution in [1.29, 1.82) is 0 Å². The van der Waals surface area contributed by atoms with E-state index in [0.717, 1.165) is 6.42 Å². The monoisotopic (exact) mass is 350 g/mol. The number of aliphatic hydroxyl groups excluding tert-OH is 4. The van der Waals surface area contributed by atoms with Crippen molar-refractivity contribution in [3.63, 3.8) is 0 Å². The van der Waals surface area contributed by atoms with E-state index in [0.29, 0.717) is 17.1 Å². The van der Waals surface area contributed by atoms with E-state index in [1.165, 1.54) is 0 Å². The second kappa shape index (κ2) is 4.96. The molecule has 0 heterocycles. The molecule has 1 unspecified atom stereocenters. The second-order valence-electron chi connectivity index (χ2n) is 9.46. The average Bonchev–Trinajstić information content (AvgIpc) is 3.05. The summed E-state index contributed by atoms with van der Waals surface area (Å²) in [6, 6.07) is 0. The van der Waals surface area contributed by atoms with Crippen molar-refractivity contribution < 1.29 is 25.5 Å². The minimum Gasteiger partial charge on any atom is -0.392 e. The Morgan fingerprint density at radius 2 is 1.80 bits per heavy atom. The average molecular weight is 350 g/mol. The first-order valence-corrected chi connectivity index (χ1v) is 9.32. The number of hydrogen-bond donors (Lipinski definition) is 5. The summed E-state index contributed by atoms with van der Waals surface area (Å²) >= 11 is 0. The van der Waals surface area contributed by atoms with Gasteiger partial charge in [-0.15, -0.1) is 0 Å². The molecule has 2 fully saturated rings. The maximum Gasteiger partial charge on any atom is 0.136 e. The highest BCUT2D eigenvalue weighted by atomic mass is 16.4. The second-order valence-corrected chi connectivity index (χ2v) is 9.46. The minimum atomic E-state index is -1.93. The van der Waals surface area contributed by atoms with Crippen LogP contribution in [0.5, 0.6) is 0 Å². The van der Waals surface area contributed by atoms with Crippen LogP contribution in [0.2, 0.25) is 0 Å². The summed E-state index contributed by atoms with van der Waals surface area (Å²) in [6.45, 7) is 7.72. The highest BCUT2D eigenvalue weighted by molar-refractivity contribution is 5.42. The molecule has 5 N–H and O–H groups in total. The fraction of sp³-hybridized carbons (Fsp3) is 0.800. The smallest absolute Gasteiger partial charge is 0.136 e. The van der Waals surface area contributed by atoms with Gasteiger partial charge in [0.25, 0.3) is 0 Å². The van der Waals surface area contributed by atoms with Gasteiger partial charge in [-0.1, -0.05) is 32.9 Å². The van der Waals surface area contributed by atoms with E-state index in [1.807, 2.05) is 6.92 Å². The summed E-state index contributed by atoms with van der Waals surface area (Å²) in [6.07, 6.45) is 0.801. The third kappa shape index (κ3) is 1.77. The lowest BCUT2D eigenvalue weighted by Crippen LogP contribution is -2.66. The van der Waals surface area contributed by atoms with E-state index in [4.69, 9.17) is 0 Å². The lowest BCUT2D eigenvalue weighted by atomic mass is 9.58. The van der Waals surface area contributed by atoms with Crippen LogP contribution in [-0.2, 0) is 0 Å². The van der Waals surface area contributed by atoms with E-state index in [1.54, 1.807) is 19.1 Å².